The molecule has 0 saturated carbocycles. The Bertz CT molecular complexity index is 464. The number of benzene rings is 1. The number of nitrogens with two attached hydrogens (primary N) is 1. The number of amides is 1. The summed E-state index contributed by atoms with van der Waals surface area (Å²) in [6.45, 7) is 10.7. The minimum atomic E-state index is -0.520. The Morgan fingerprint density at radius 3 is 2.57 bits per heavy atom. The van der Waals surface area contributed by atoms with E-state index in [1.54, 1.807) is 6.92 Å². The van der Waals surface area contributed by atoms with Crippen molar-refractivity contribution in [2.45, 2.75) is 58.6 Å². The predicted octanol–water partition coefficient (Wildman–Crippen LogP) is 2.60. The van der Waals surface area contributed by atoms with Crippen LogP contribution < -0.4 is 15.8 Å². The van der Waals surface area contributed by atoms with Gasteiger partial charge in [-0.15, -0.1) is 0 Å². The van der Waals surface area contributed by atoms with Crippen LogP contribution in [0, 0.1) is 0 Å². The van der Waals surface area contributed by atoms with Crippen LogP contribution in [0.4, 0.5) is 0 Å². The van der Waals surface area contributed by atoms with Gasteiger partial charge in [-0.1, -0.05) is 32.9 Å². The number of hydrogen-bond donors (Lipinski definition) is 2. The van der Waals surface area contributed by atoms with Gasteiger partial charge in [0.05, 0.1) is 0 Å². The molecule has 4 heteroatoms. The second kappa shape index (κ2) is 7.46. The lowest BCUT2D eigenvalue weighted by molar-refractivity contribution is -0.127. The normalized spacial score (nSPS) is 14.4. The third-order valence-corrected chi connectivity index (χ3v) is 3.28. The fourth-order valence-electron chi connectivity index (χ4n) is 1.86. The van der Waals surface area contributed by atoms with Gasteiger partial charge in [-0.3, -0.25) is 4.79 Å². The largest absolute Gasteiger partial charge is 0.481 e. The van der Waals surface area contributed by atoms with E-state index in [-0.39, 0.29) is 17.4 Å². The Kier molecular flexibility index (Phi) is 6.21. The molecular formula is C17H28N2O2. The third kappa shape index (κ3) is 6.17. The molecule has 1 rings (SSSR count). The first-order valence-corrected chi connectivity index (χ1v) is 7.50. The van der Waals surface area contributed by atoms with Crippen LogP contribution in [0.5, 0.6) is 5.75 Å². The maximum atomic E-state index is 11.9. The van der Waals surface area contributed by atoms with Crippen LogP contribution in [0.2, 0.25) is 0 Å². The lowest BCUT2D eigenvalue weighted by atomic mass is 9.87. The molecule has 2 atom stereocenters. The Balaban J connectivity index is 2.58. The van der Waals surface area contributed by atoms with Gasteiger partial charge in [-0.25, -0.2) is 0 Å². The van der Waals surface area contributed by atoms with Gasteiger partial charge in [0.2, 0.25) is 0 Å². The zero-order valence-corrected chi connectivity index (χ0v) is 13.8. The zero-order chi connectivity index (χ0) is 16.0. The number of carbonyl (C=O) groups excluding carboxylic acids is 1. The van der Waals surface area contributed by atoms with Crippen LogP contribution in [-0.4, -0.2) is 24.6 Å². The molecule has 1 aromatic carbocycles. The standard InChI is InChI=1S/C17H28N2O2/c1-12(18)9-10-19-16(20)13(2)21-15-8-6-7-14(11-15)17(3,4)5/h6-8,11-13H,9-10,18H2,1-5H3,(H,19,20). The topological polar surface area (TPSA) is 64.3 Å². The average Bonchev–Trinajstić information content (AvgIpc) is 2.37. The van der Waals surface area contributed by atoms with Gasteiger partial charge in [0, 0.05) is 12.6 Å². The number of nitrogens with one attached hydrogen (secondary N) is 1. The van der Waals surface area contributed by atoms with Crippen LogP contribution >= 0.6 is 0 Å². The highest BCUT2D eigenvalue weighted by Gasteiger charge is 2.17. The van der Waals surface area contributed by atoms with Gasteiger partial charge in [-0.2, -0.15) is 0 Å². The second-order valence-corrected chi connectivity index (χ2v) is 6.59. The molecule has 21 heavy (non-hydrogen) atoms. The molecule has 0 radical (unpaired) electrons. The monoisotopic (exact) mass is 292 g/mol. The number of ether oxygens (including phenoxy) is 1. The predicted molar refractivity (Wildman–Crippen MR) is 86.5 cm³/mol. The molecule has 1 aromatic rings. The van der Waals surface area contributed by atoms with Crippen molar-refractivity contribution in [3.05, 3.63) is 29.8 Å². The van der Waals surface area contributed by atoms with Crippen LogP contribution in [-0.2, 0) is 10.2 Å². The first kappa shape index (κ1) is 17.5. The lowest BCUT2D eigenvalue weighted by Crippen LogP contribution is -2.38. The molecule has 0 saturated heterocycles. The molecule has 0 aromatic heterocycles. The van der Waals surface area contributed by atoms with Gasteiger partial charge in [0.15, 0.2) is 6.10 Å². The molecule has 0 aliphatic carbocycles. The summed E-state index contributed by atoms with van der Waals surface area (Å²) in [6, 6.07) is 7.98. The van der Waals surface area contributed by atoms with Crippen molar-refractivity contribution in [1.82, 2.24) is 5.32 Å². The Hall–Kier alpha value is -1.55. The molecule has 0 aliphatic heterocycles. The molecule has 0 bridgehead atoms. The Labute approximate surface area is 128 Å². The SMILES string of the molecule is CC(N)CCNC(=O)C(C)Oc1cccc(C(C)(C)C)c1. The van der Waals surface area contributed by atoms with E-state index in [9.17, 15) is 4.79 Å². The van der Waals surface area contributed by atoms with E-state index in [0.29, 0.717) is 6.54 Å². The summed E-state index contributed by atoms with van der Waals surface area (Å²) in [6.07, 6.45) is 0.242. The van der Waals surface area contributed by atoms with Gasteiger partial charge >= 0.3 is 0 Å². The summed E-state index contributed by atoms with van der Waals surface area (Å²) in [5, 5.41) is 2.83. The van der Waals surface area contributed by atoms with Crippen molar-refractivity contribution in [2.75, 3.05) is 6.54 Å². The quantitative estimate of drug-likeness (QED) is 0.847. The Morgan fingerprint density at radius 1 is 1.33 bits per heavy atom. The summed E-state index contributed by atoms with van der Waals surface area (Å²) >= 11 is 0. The summed E-state index contributed by atoms with van der Waals surface area (Å²) in [4.78, 5) is 11.9. The van der Waals surface area contributed by atoms with Gasteiger partial charge in [-0.05, 0) is 43.4 Å². The minimum Gasteiger partial charge on any atom is -0.481 e. The van der Waals surface area contributed by atoms with Crippen molar-refractivity contribution < 1.29 is 9.53 Å². The molecule has 1 amide bonds. The van der Waals surface area contributed by atoms with Crippen molar-refractivity contribution in [3.63, 3.8) is 0 Å². The molecule has 3 N–H and O–H groups in total. The summed E-state index contributed by atoms with van der Waals surface area (Å²) in [5.74, 6) is 0.606. The molecule has 0 heterocycles. The van der Waals surface area contributed by atoms with E-state index in [1.165, 1.54) is 5.56 Å². The molecule has 0 spiro atoms. The van der Waals surface area contributed by atoms with Gasteiger partial charge in [0.1, 0.15) is 5.75 Å². The van der Waals surface area contributed by atoms with Crippen molar-refractivity contribution >= 4 is 5.91 Å². The van der Waals surface area contributed by atoms with Crippen molar-refractivity contribution in [2.24, 2.45) is 5.73 Å². The number of carbonyl (C=O) groups is 1. The second-order valence-electron chi connectivity index (χ2n) is 6.59. The highest BCUT2D eigenvalue weighted by atomic mass is 16.5. The maximum Gasteiger partial charge on any atom is 0.260 e. The van der Waals surface area contributed by atoms with Crippen LogP contribution in [0.1, 0.15) is 46.6 Å². The lowest BCUT2D eigenvalue weighted by Gasteiger charge is -2.21. The van der Waals surface area contributed by atoms with E-state index in [4.69, 9.17) is 10.5 Å². The van der Waals surface area contributed by atoms with Crippen LogP contribution in [0.3, 0.4) is 0 Å². The number of rotatable bonds is 6. The van der Waals surface area contributed by atoms with E-state index in [1.807, 2.05) is 25.1 Å². The van der Waals surface area contributed by atoms with E-state index >= 15 is 0 Å². The van der Waals surface area contributed by atoms with Crippen LogP contribution in [0.25, 0.3) is 0 Å². The maximum absolute atomic E-state index is 11.9. The minimum absolute atomic E-state index is 0.0577. The first-order valence-electron chi connectivity index (χ1n) is 7.50. The Morgan fingerprint density at radius 2 is 2.00 bits per heavy atom. The van der Waals surface area contributed by atoms with Crippen LogP contribution in [0.15, 0.2) is 24.3 Å². The van der Waals surface area contributed by atoms with Gasteiger partial charge in [0.25, 0.3) is 5.91 Å². The summed E-state index contributed by atoms with van der Waals surface area (Å²) in [7, 11) is 0. The van der Waals surface area contributed by atoms with E-state index in [0.717, 1.165) is 12.2 Å². The molecular weight excluding hydrogens is 264 g/mol. The van der Waals surface area contributed by atoms with Crippen molar-refractivity contribution in [1.29, 1.82) is 0 Å². The average molecular weight is 292 g/mol. The zero-order valence-electron chi connectivity index (χ0n) is 13.8. The fraction of sp³-hybridized carbons (Fsp3) is 0.588. The molecule has 0 fully saturated rings. The fourth-order valence-corrected chi connectivity index (χ4v) is 1.86. The molecule has 4 nitrogen and oxygen atoms in total. The molecule has 2 unspecified atom stereocenters. The highest BCUT2D eigenvalue weighted by Crippen LogP contribution is 2.26. The molecule has 0 aliphatic rings. The number of hydrogen-bond acceptors (Lipinski definition) is 3. The third-order valence-electron chi connectivity index (χ3n) is 3.28. The van der Waals surface area contributed by atoms with Gasteiger partial charge < -0.3 is 15.8 Å². The van der Waals surface area contributed by atoms with E-state index in [2.05, 4.69) is 32.2 Å². The van der Waals surface area contributed by atoms with E-state index < -0.39 is 6.10 Å². The first-order chi connectivity index (χ1) is 9.70. The molecule has 118 valence electrons. The van der Waals surface area contributed by atoms with Crippen molar-refractivity contribution in [3.8, 4) is 5.75 Å². The smallest absolute Gasteiger partial charge is 0.260 e. The summed E-state index contributed by atoms with van der Waals surface area (Å²) < 4.78 is 5.73. The highest BCUT2D eigenvalue weighted by molar-refractivity contribution is 5.80. The summed E-state index contributed by atoms with van der Waals surface area (Å²) in [5.41, 5.74) is 6.90.